The van der Waals surface area contributed by atoms with Gasteiger partial charge in [0.05, 0.1) is 0 Å². The fourth-order valence-corrected chi connectivity index (χ4v) is 1.81. The number of aromatic nitrogens is 1. The van der Waals surface area contributed by atoms with Crippen molar-refractivity contribution >= 4 is 11.6 Å². The lowest BCUT2D eigenvalue weighted by atomic mass is 10.1. The minimum absolute atomic E-state index is 0.105. The molecule has 0 radical (unpaired) electrons. The van der Waals surface area contributed by atoms with Gasteiger partial charge in [-0.2, -0.15) is 0 Å². The first-order valence-corrected chi connectivity index (χ1v) is 5.60. The maximum absolute atomic E-state index is 13.6. The lowest BCUT2D eigenvalue weighted by Gasteiger charge is -2.27. The van der Waals surface area contributed by atoms with E-state index in [1.54, 1.807) is 11.9 Å². The molecule has 0 aliphatic carbocycles. The fourth-order valence-electron chi connectivity index (χ4n) is 1.81. The number of pyridine rings is 1. The minimum atomic E-state index is -0.799. The van der Waals surface area contributed by atoms with Crippen LogP contribution >= 0.6 is 0 Å². The van der Waals surface area contributed by atoms with Crippen LogP contribution in [0.15, 0.2) is 6.07 Å². The molecule has 6 heteroatoms. The zero-order valence-corrected chi connectivity index (χ0v) is 10.3. The molecule has 0 aromatic carbocycles. The minimum Gasteiger partial charge on any atom is -0.354 e. The Labute approximate surface area is 99.8 Å². The average molecular weight is 244 g/mol. The summed E-state index contributed by atoms with van der Waals surface area (Å²) in [4.78, 5) is 5.55. The lowest BCUT2D eigenvalue weighted by Crippen LogP contribution is -2.32. The van der Waals surface area contributed by atoms with Gasteiger partial charge in [0.15, 0.2) is 23.3 Å². The van der Waals surface area contributed by atoms with E-state index in [0.29, 0.717) is 0 Å². The molecule has 4 nitrogen and oxygen atoms in total. The van der Waals surface area contributed by atoms with Crippen LogP contribution in [0.2, 0.25) is 0 Å². The van der Waals surface area contributed by atoms with Crippen molar-refractivity contribution in [2.75, 3.05) is 17.4 Å². The van der Waals surface area contributed by atoms with Crippen molar-refractivity contribution in [1.29, 1.82) is 0 Å². The number of hydrazine groups is 1. The molecular formula is C11H18F2N4. The van der Waals surface area contributed by atoms with Crippen LogP contribution in [0.1, 0.15) is 26.7 Å². The summed E-state index contributed by atoms with van der Waals surface area (Å²) in [5.41, 5.74) is 2.11. The van der Waals surface area contributed by atoms with Crippen LogP contribution in [0.3, 0.4) is 0 Å². The number of halogens is 2. The van der Waals surface area contributed by atoms with E-state index in [1.165, 1.54) is 0 Å². The van der Waals surface area contributed by atoms with Crippen molar-refractivity contribution in [3.05, 3.63) is 17.7 Å². The van der Waals surface area contributed by atoms with Crippen molar-refractivity contribution in [2.24, 2.45) is 5.84 Å². The molecule has 1 rings (SSSR count). The number of rotatable bonds is 5. The van der Waals surface area contributed by atoms with E-state index in [0.717, 1.165) is 18.9 Å². The number of nitrogens with one attached hydrogen (secondary N) is 1. The van der Waals surface area contributed by atoms with Gasteiger partial charge in [0.25, 0.3) is 0 Å². The van der Waals surface area contributed by atoms with E-state index in [4.69, 9.17) is 5.84 Å². The summed E-state index contributed by atoms with van der Waals surface area (Å²) < 4.78 is 26.8. The van der Waals surface area contributed by atoms with Gasteiger partial charge in [0, 0.05) is 19.2 Å². The topological polar surface area (TPSA) is 54.2 Å². The number of nitrogens with two attached hydrogens (primary N) is 1. The van der Waals surface area contributed by atoms with E-state index in [-0.39, 0.29) is 17.7 Å². The summed E-state index contributed by atoms with van der Waals surface area (Å²) in [5, 5.41) is 0. The van der Waals surface area contributed by atoms with Gasteiger partial charge in [0.1, 0.15) is 0 Å². The molecule has 0 saturated carbocycles. The molecule has 0 fully saturated rings. The van der Waals surface area contributed by atoms with Gasteiger partial charge >= 0.3 is 0 Å². The number of hydrogen-bond acceptors (Lipinski definition) is 4. The Morgan fingerprint density at radius 2 is 1.94 bits per heavy atom. The first-order valence-electron chi connectivity index (χ1n) is 5.60. The van der Waals surface area contributed by atoms with E-state index >= 15 is 0 Å². The Morgan fingerprint density at radius 1 is 1.35 bits per heavy atom. The number of hydrogen-bond donors (Lipinski definition) is 2. The molecule has 0 unspecified atom stereocenters. The average Bonchev–Trinajstić information content (AvgIpc) is 2.30. The van der Waals surface area contributed by atoms with Crippen LogP contribution in [0.4, 0.5) is 20.4 Å². The zero-order chi connectivity index (χ0) is 13.0. The number of nitrogen functional groups attached to an aromatic ring is 1. The third-order valence-corrected chi connectivity index (χ3v) is 2.87. The normalized spacial score (nSPS) is 10.8. The Kier molecular flexibility index (Phi) is 4.62. The SMILES string of the molecule is CCC(CC)N(C)c1nc(NN)c(F)cc1F. The Hall–Kier alpha value is -1.43. The van der Waals surface area contributed by atoms with E-state index in [9.17, 15) is 8.78 Å². The van der Waals surface area contributed by atoms with Gasteiger partial charge in [0.2, 0.25) is 0 Å². The third-order valence-electron chi connectivity index (χ3n) is 2.87. The zero-order valence-electron chi connectivity index (χ0n) is 10.3. The van der Waals surface area contributed by atoms with Gasteiger partial charge < -0.3 is 10.3 Å². The van der Waals surface area contributed by atoms with Crippen molar-refractivity contribution in [3.8, 4) is 0 Å². The lowest BCUT2D eigenvalue weighted by molar-refractivity contribution is 0.543. The molecule has 0 saturated heterocycles. The highest BCUT2D eigenvalue weighted by atomic mass is 19.1. The fraction of sp³-hybridized carbons (Fsp3) is 0.545. The first kappa shape index (κ1) is 13.6. The molecule has 0 aliphatic heterocycles. The summed E-state index contributed by atoms with van der Waals surface area (Å²) in [6, 6.07) is 0.948. The second-order valence-electron chi connectivity index (χ2n) is 3.85. The van der Waals surface area contributed by atoms with Crippen LogP contribution in [0, 0.1) is 11.6 Å². The maximum atomic E-state index is 13.6. The predicted octanol–water partition coefficient (Wildman–Crippen LogP) is 2.27. The van der Waals surface area contributed by atoms with Crippen LogP contribution in [-0.2, 0) is 0 Å². The molecule has 0 aliphatic rings. The largest absolute Gasteiger partial charge is 0.354 e. The van der Waals surface area contributed by atoms with Crippen molar-refractivity contribution in [3.63, 3.8) is 0 Å². The molecular weight excluding hydrogens is 226 g/mol. The summed E-state index contributed by atoms with van der Waals surface area (Å²) in [6.07, 6.45) is 1.72. The van der Waals surface area contributed by atoms with Crippen molar-refractivity contribution < 1.29 is 8.78 Å². The molecule has 0 bridgehead atoms. The van der Waals surface area contributed by atoms with Crippen molar-refractivity contribution in [2.45, 2.75) is 32.7 Å². The second kappa shape index (κ2) is 5.77. The second-order valence-corrected chi connectivity index (χ2v) is 3.85. The van der Waals surface area contributed by atoms with E-state index in [1.807, 2.05) is 13.8 Å². The van der Waals surface area contributed by atoms with E-state index in [2.05, 4.69) is 10.4 Å². The first-order chi connectivity index (χ1) is 8.04. The standard InChI is InChI=1S/C11H18F2N4/c1-4-7(5-2)17(3)11-9(13)6-8(12)10(15-11)16-14/h6-7H,4-5,14H2,1-3H3,(H,15,16). The van der Waals surface area contributed by atoms with Gasteiger partial charge in [-0.05, 0) is 12.8 Å². The predicted molar refractivity (Wildman–Crippen MR) is 64.7 cm³/mol. The Balaban J connectivity index is 3.12. The quantitative estimate of drug-likeness (QED) is 0.616. The van der Waals surface area contributed by atoms with Crippen LogP contribution in [-0.4, -0.2) is 18.1 Å². The molecule has 0 amide bonds. The highest BCUT2D eigenvalue weighted by Gasteiger charge is 2.19. The molecule has 17 heavy (non-hydrogen) atoms. The molecule has 3 N–H and O–H groups in total. The molecule has 1 heterocycles. The van der Waals surface area contributed by atoms with Gasteiger partial charge in [-0.25, -0.2) is 19.6 Å². The van der Waals surface area contributed by atoms with Crippen LogP contribution < -0.4 is 16.2 Å². The molecule has 96 valence electrons. The van der Waals surface area contributed by atoms with Gasteiger partial charge in [-0.1, -0.05) is 13.8 Å². The number of anilines is 2. The highest BCUT2D eigenvalue weighted by Crippen LogP contribution is 2.23. The maximum Gasteiger partial charge on any atom is 0.178 e. The highest BCUT2D eigenvalue weighted by molar-refractivity contribution is 5.48. The summed E-state index contributed by atoms with van der Waals surface area (Å²) in [5.74, 6) is 3.58. The Bertz CT molecular complexity index is 380. The van der Waals surface area contributed by atoms with E-state index < -0.39 is 11.6 Å². The monoisotopic (exact) mass is 244 g/mol. The van der Waals surface area contributed by atoms with Crippen LogP contribution in [0.25, 0.3) is 0 Å². The van der Waals surface area contributed by atoms with Gasteiger partial charge in [-0.3, -0.25) is 0 Å². The summed E-state index contributed by atoms with van der Waals surface area (Å²) >= 11 is 0. The van der Waals surface area contributed by atoms with Gasteiger partial charge in [-0.15, -0.1) is 0 Å². The Morgan fingerprint density at radius 3 is 2.41 bits per heavy atom. The molecule has 1 aromatic rings. The smallest absolute Gasteiger partial charge is 0.178 e. The summed E-state index contributed by atoms with van der Waals surface area (Å²) in [6.45, 7) is 4.02. The molecule has 0 atom stereocenters. The van der Waals surface area contributed by atoms with Crippen LogP contribution in [0.5, 0.6) is 0 Å². The third kappa shape index (κ3) is 2.82. The summed E-state index contributed by atoms with van der Waals surface area (Å²) in [7, 11) is 1.74. The molecule has 1 aromatic heterocycles. The van der Waals surface area contributed by atoms with Crippen molar-refractivity contribution in [1.82, 2.24) is 4.98 Å². The molecule has 0 spiro atoms. The number of nitrogens with zero attached hydrogens (tertiary/aromatic N) is 2.